The second-order valence-electron chi connectivity index (χ2n) is 2.68. The molecule has 1 heterocycles. The van der Waals surface area contributed by atoms with Crippen LogP contribution in [0.1, 0.15) is 10.4 Å². The maximum Gasteiger partial charge on any atom is 0.172 e. The first-order chi connectivity index (χ1) is 6.22. The van der Waals surface area contributed by atoms with Crippen LogP contribution in [-0.4, -0.2) is 11.4 Å². The number of carbonyl (C=O) groups is 1. The molecule has 0 unspecified atom stereocenters. The minimum absolute atomic E-state index is 0.213. The molecule has 1 aromatic heterocycles. The zero-order valence-corrected chi connectivity index (χ0v) is 7.47. The van der Waals surface area contributed by atoms with Gasteiger partial charge in [-0.15, -0.1) is 0 Å². The van der Waals surface area contributed by atoms with Gasteiger partial charge < -0.3 is 10.8 Å². The fraction of sp³-hybridized carbons (Fsp3) is 0. The van der Waals surface area contributed by atoms with E-state index in [1.54, 1.807) is 18.2 Å². The van der Waals surface area contributed by atoms with Gasteiger partial charge in [-0.2, -0.15) is 0 Å². The third-order valence-electron chi connectivity index (χ3n) is 1.89. The van der Waals surface area contributed by atoms with E-state index in [1.807, 2.05) is 0 Å². The molecule has 0 saturated heterocycles. The van der Waals surface area contributed by atoms with Gasteiger partial charge in [-0.25, -0.2) is 0 Å². The van der Waals surface area contributed by atoms with E-state index in [9.17, 15) is 9.90 Å². The molecule has 0 atom stereocenters. The first-order valence-corrected chi connectivity index (χ1v) is 4.50. The highest BCUT2D eigenvalue weighted by Crippen LogP contribution is 2.34. The van der Waals surface area contributed by atoms with Crippen LogP contribution >= 0.6 is 11.3 Å². The quantitative estimate of drug-likeness (QED) is 0.537. The van der Waals surface area contributed by atoms with Crippen LogP contribution in [0.4, 0.5) is 5.69 Å². The Bertz CT molecular complexity index is 476. The zero-order valence-electron chi connectivity index (χ0n) is 6.65. The summed E-state index contributed by atoms with van der Waals surface area (Å²) >= 11 is 1.25. The fourth-order valence-corrected chi connectivity index (χ4v) is 2.06. The van der Waals surface area contributed by atoms with Crippen LogP contribution in [0.2, 0.25) is 0 Å². The van der Waals surface area contributed by atoms with Crippen molar-refractivity contribution in [2.24, 2.45) is 0 Å². The molecule has 2 rings (SSSR count). The average Bonchev–Trinajstić information content (AvgIpc) is 2.47. The molecule has 1 aromatic carbocycles. The number of fused-ring (bicyclic) bond motifs is 1. The highest BCUT2D eigenvalue weighted by atomic mass is 32.1. The number of anilines is 1. The largest absolute Gasteiger partial charge is 0.499 e. The number of hydrogen-bond acceptors (Lipinski definition) is 4. The van der Waals surface area contributed by atoms with Crippen molar-refractivity contribution in [2.75, 3.05) is 5.73 Å². The van der Waals surface area contributed by atoms with E-state index in [4.69, 9.17) is 5.73 Å². The number of aromatic hydroxyl groups is 1. The van der Waals surface area contributed by atoms with Gasteiger partial charge in [0.15, 0.2) is 11.3 Å². The van der Waals surface area contributed by atoms with Gasteiger partial charge in [0.2, 0.25) is 0 Å². The Balaban J connectivity index is 2.85. The number of benzene rings is 1. The Morgan fingerprint density at radius 3 is 2.92 bits per heavy atom. The third kappa shape index (κ3) is 1.15. The van der Waals surface area contributed by atoms with Crippen molar-refractivity contribution < 1.29 is 9.90 Å². The maximum absolute atomic E-state index is 10.5. The summed E-state index contributed by atoms with van der Waals surface area (Å²) in [5, 5.41) is 10.2. The Hall–Kier alpha value is -1.55. The number of carbonyl (C=O) groups excluding carboxylic acids is 1. The predicted octanol–water partition coefficient (Wildman–Crippen LogP) is 2.00. The molecule has 13 heavy (non-hydrogen) atoms. The topological polar surface area (TPSA) is 63.3 Å². The van der Waals surface area contributed by atoms with Crippen molar-refractivity contribution in [1.29, 1.82) is 0 Å². The second kappa shape index (κ2) is 2.74. The van der Waals surface area contributed by atoms with E-state index in [-0.39, 0.29) is 5.06 Å². The SMILES string of the molecule is Nc1c(C=O)ccc2sc(O)cc12. The van der Waals surface area contributed by atoms with Gasteiger partial charge in [-0.1, -0.05) is 11.3 Å². The molecule has 0 spiro atoms. The van der Waals surface area contributed by atoms with Crippen LogP contribution < -0.4 is 5.73 Å². The van der Waals surface area contributed by atoms with Crippen molar-refractivity contribution in [2.45, 2.75) is 0 Å². The minimum atomic E-state index is 0.213. The van der Waals surface area contributed by atoms with Crippen LogP contribution in [-0.2, 0) is 0 Å². The molecule has 0 aliphatic rings. The molecule has 3 nitrogen and oxygen atoms in total. The first kappa shape index (κ1) is 8.07. The summed E-state index contributed by atoms with van der Waals surface area (Å²) in [6, 6.07) is 5.00. The van der Waals surface area contributed by atoms with Crippen molar-refractivity contribution in [3.63, 3.8) is 0 Å². The third-order valence-corrected chi connectivity index (χ3v) is 2.79. The number of rotatable bonds is 1. The summed E-state index contributed by atoms with van der Waals surface area (Å²) in [6.07, 6.45) is 0.712. The van der Waals surface area contributed by atoms with E-state index in [0.29, 0.717) is 17.5 Å². The molecular weight excluding hydrogens is 186 g/mol. The van der Waals surface area contributed by atoms with E-state index in [2.05, 4.69) is 0 Å². The Kier molecular flexibility index (Phi) is 1.70. The molecule has 0 fully saturated rings. The summed E-state index contributed by atoms with van der Waals surface area (Å²) in [7, 11) is 0. The van der Waals surface area contributed by atoms with Crippen molar-refractivity contribution in [3.8, 4) is 5.06 Å². The van der Waals surface area contributed by atoms with Crippen LogP contribution in [0.15, 0.2) is 18.2 Å². The minimum Gasteiger partial charge on any atom is -0.499 e. The number of nitrogen functional groups attached to an aromatic ring is 1. The fourth-order valence-electron chi connectivity index (χ4n) is 1.24. The molecule has 0 amide bonds. The first-order valence-electron chi connectivity index (χ1n) is 3.68. The van der Waals surface area contributed by atoms with E-state index in [1.165, 1.54) is 11.3 Å². The summed E-state index contributed by atoms with van der Waals surface area (Å²) < 4.78 is 0.889. The van der Waals surface area contributed by atoms with Gasteiger partial charge in [-0.3, -0.25) is 4.79 Å². The molecule has 0 radical (unpaired) electrons. The summed E-state index contributed by atoms with van der Waals surface area (Å²) in [5.41, 5.74) is 6.60. The lowest BCUT2D eigenvalue weighted by Gasteiger charge is -1.98. The van der Waals surface area contributed by atoms with E-state index < -0.39 is 0 Å². The molecule has 0 aliphatic carbocycles. The zero-order chi connectivity index (χ0) is 9.42. The maximum atomic E-state index is 10.5. The monoisotopic (exact) mass is 193 g/mol. The molecule has 2 aromatic rings. The molecule has 0 saturated carbocycles. The van der Waals surface area contributed by atoms with Gasteiger partial charge in [0.1, 0.15) is 0 Å². The van der Waals surface area contributed by atoms with Gasteiger partial charge in [0, 0.05) is 21.7 Å². The molecule has 66 valence electrons. The lowest BCUT2D eigenvalue weighted by atomic mass is 10.1. The Morgan fingerprint density at radius 1 is 1.46 bits per heavy atom. The molecule has 0 bridgehead atoms. The standard InChI is InChI=1S/C9H7NO2S/c10-9-5(4-11)1-2-7-6(9)3-8(12)13-7/h1-4,12H,10H2. The van der Waals surface area contributed by atoms with Gasteiger partial charge in [0.05, 0.1) is 5.69 Å². The molecular formula is C9H7NO2S. The smallest absolute Gasteiger partial charge is 0.172 e. The number of nitrogens with two attached hydrogens (primary N) is 1. The summed E-state index contributed by atoms with van der Waals surface area (Å²) in [6.45, 7) is 0. The highest BCUT2D eigenvalue weighted by Gasteiger charge is 2.06. The molecule has 4 heteroatoms. The van der Waals surface area contributed by atoms with Crippen LogP contribution in [0.5, 0.6) is 5.06 Å². The second-order valence-corrected chi connectivity index (χ2v) is 3.74. The lowest BCUT2D eigenvalue weighted by molar-refractivity contribution is 0.112. The lowest BCUT2D eigenvalue weighted by Crippen LogP contribution is -1.91. The van der Waals surface area contributed by atoms with E-state index >= 15 is 0 Å². The van der Waals surface area contributed by atoms with Crippen LogP contribution in [0, 0.1) is 0 Å². The van der Waals surface area contributed by atoms with Crippen LogP contribution in [0.25, 0.3) is 10.1 Å². The van der Waals surface area contributed by atoms with Crippen molar-refractivity contribution >= 4 is 33.4 Å². The summed E-state index contributed by atoms with van der Waals surface area (Å²) in [5.74, 6) is 0. The van der Waals surface area contributed by atoms with E-state index in [0.717, 1.165) is 10.1 Å². The van der Waals surface area contributed by atoms with Gasteiger partial charge in [-0.05, 0) is 12.1 Å². The van der Waals surface area contributed by atoms with Crippen molar-refractivity contribution in [3.05, 3.63) is 23.8 Å². The normalized spacial score (nSPS) is 10.5. The average molecular weight is 193 g/mol. The van der Waals surface area contributed by atoms with Crippen LogP contribution in [0.3, 0.4) is 0 Å². The predicted molar refractivity (Wildman–Crippen MR) is 53.3 cm³/mol. The van der Waals surface area contributed by atoms with Gasteiger partial charge >= 0.3 is 0 Å². The molecule has 3 N–H and O–H groups in total. The number of hydrogen-bond donors (Lipinski definition) is 2. The van der Waals surface area contributed by atoms with Crippen molar-refractivity contribution in [1.82, 2.24) is 0 Å². The summed E-state index contributed by atoms with van der Waals surface area (Å²) in [4.78, 5) is 10.5. The number of thiophene rings is 1. The number of aldehydes is 1. The highest BCUT2D eigenvalue weighted by molar-refractivity contribution is 7.20. The Labute approximate surface area is 78.4 Å². The Morgan fingerprint density at radius 2 is 2.23 bits per heavy atom. The van der Waals surface area contributed by atoms with Gasteiger partial charge in [0.25, 0.3) is 0 Å². The molecule has 0 aliphatic heterocycles.